The molecule has 0 bridgehead atoms. The van der Waals surface area contributed by atoms with Gasteiger partial charge in [-0.3, -0.25) is 14.7 Å². The number of rotatable bonds is 8. The molecular weight excluding hydrogens is 402 g/mol. The van der Waals surface area contributed by atoms with E-state index in [0.717, 1.165) is 70.1 Å². The van der Waals surface area contributed by atoms with Crippen LogP contribution in [0.5, 0.6) is 0 Å². The van der Waals surface area contributed by atoms with E-state index >= 15 is 0 Å². The maximum absolute atomic E-state index is 12.9. The van der Waals surface area contributed by atoms with Gasteiger partial charge in [0.15, 0.2) is 5.96 Å². The first-order valence-electron chi connectivity index (χ1n) is 12.8. The molecule has 0 radical (unpaired) electrons. The monoisotopic (exact) mass is 443 g/mol. The highest BCUT2D eigenvalue weighted by molar-refractivity contribution is 5.81. The molecule has 4 rings (SSSR count). The van der Waals surface area contributed by atoms with Crippen LogP contribution in [0, 0.1) is 5.92 Å². The lowest BCUT2D eigenvalue weighted by Crippen LogP contribution is -2.46. The summed E-state index contributed by atoms with van der Waals surface area (Å²) in [6.07, 6.45) is 11.9. The first kappa shape index (κ1) is 23.1. The largest absolute Gasteiger partial charge is 0.469 e. The molecule has 1 saturated carbocycles. The smallest absolute Gasteiger partial charge is 0.225 e. The number of carbonyl (C=O) groups excluding carboxylic acids is 1. The van der Waals surface area contributed by atoms with Crippen molar-refractivity contribution in [1.82, 2.24) is 20.4 Å². The number of likely N-dealkylation sites (tertiary alicyclic amines) is 2. The fraction of sp³-hybridized carbons (Fsp3) is 0.760. The van der Waals surface area contributed by atoms with Gasteiger partial charge in [-0.2, -0.15) is 0 Å². The number of carbonyl (C=O) groups is 1. The molecule has 32 heavy (non-hydrogen) atoms. The van der Waals surface area contributed by atoms with E-state index in [1.807, 2.05) is 12.1 Å². The Balaban J connectivity index is 1.31. The molecule has 2 N–H and O–H groups in total. The topological polar surface area (TPSA) is 73.1 Å². The summed E-state index contributed by atoms with van der Waals surface area (Å²) in [4.78, 5) is 22.5. The summed E-state index contributed by atoms with van der Waals surface area (Å²) in [6.45, 7) is 7.76. The van der Waals surface area contributed by atoms with Crippen LogP contribution in [0.3, 0.4) is 0 Å². The quantitative estimate of drug-likeness (QED) is 0.477. The average molecular weight is 444 g/mol. The minimum Gasteiger partial charge on any atom is -0.469 e. The molecule has 178 valence electrons. The Morgan fingerprint density at radius 3 is 2.81 bits per heavy atom. The Morgan fingerprint density at radius 1 is 1.16 bits per heavy atom. The lowest BCUT2D eigenvalue weighted by molar-refractivity contribution is -0.135. The van der Waals surface area contributed by atoms with E-state index in [1.54, 1.807) is 6.26 Å². The molecule has 2 atom stereocenters. The Bertz CT molecular complexity index is 729. The summed E-state index contributed by atoms with van der Waals surface area (Å²) in [6, 6.07) is 4.74. The second kappa shape index (κ2) is 11.7. The molecule has 1 aliphatic carbocycles. The van der Waals surface area contributed by atoms with Gasteiger partial charge >= 0.3 is 0 Å². The van der Waals surface area contributed by atoms with Gasteiger partial charge in [0.05, 0.1) is 12.8 Å². The van der Waals surface area contributed by atoms with Crippen LogP contribution in [-0.4, -0.2) is 73.0 Å². The first-order valence-corrected chi connectivity index (χ1v) is 12.8. The van der Waals surface area contributed by atoms with Gasteiger partial charge in [0.2, 0.25) is 5.91 Å². The standard InChI is InChI=1S/C25H41N5O2/c1-2-29-15-6-10-22(29)18-27-25(26-14-12-23-11-7-17-32-23)28-21-13-16-30(19-21)24(31)20-8-4-3-5-9-20/h7,11,17,20-22H,2-6,8-10,12-16,18-19H2,1H3,(H2,26,27,28). The van der Waals surface area contributed by atoms with Crippen molar-refractivity contribution >= 4 is 11.9 Å². The van der Waals surface area contributed by atoms with Crippen LogP contribution in [0.2, 0.25) is 0 Å². The Labute approximate surface area is 193 Å². The minimum atomic E-state index is 0.254. The molecule has 1 aromatic heterocycles. The molecule has 3 aliphatic rings. The fourth-order valence-electron chi connectivity index (χ4n) is 5.51. The predicted molar refractivity (Wildman–Crippen MR) is 128 cm³/mol. The molecule has 2 saturated heterocycles. The molecule has 7 heteroatoms. The normalized spacial score (nSPS) is 25.4. The van der Waals surface area contributed by atoms with Crippen molar-refractivity contribution in [2.45, 2.75) is 76.8 Å². The van der Waals surface area contributed by atoms with Gasteiger partial charge in [0, 0.05) is 44.1 Å². The molecule has 3 heterocycles. The SMILES string of the molecule is CCN1CCCC1CN=C(NCCc1ccco1)NC1CCN(C(=O)C2CCCCC2)C1. The molecule has 1 amide bonds. The zero-order chi connectivity index (χ0) is 22.2. The first-order chi connectivity index (χ1) is 15.7. The van der Waals surface area contributed by atoms with Gasteiger partial charge in [0.1, 0.15) is 5.76 Å². The maximum atomic E-state index is 12.9. The van der Waals surface area contributed by atoms with Gasteiger partial charge in [-0.15, -0.1) is 0 Å². The third-order valence-electron chi connectivity index (χ3n) is 7.40. The number of furan rings is 1. The Hall–Kier alpha value is -2.02. The molecule has 0 aromatic carbocycles. The summed E-state index contributed by atoms with van der Waals surface area (Å²) in [5.41, 5.74) is 0. The van der Waals surface area contributed by atoms with Gasteiger partial charge in [-0.1, -0.05) is 26.2 Å². The number of hydrogen-bond acceptors (Lipinski definition) is 4. The number of guanidine groups is 1. The summed E-state index contributed by atoms with van der Waals surface area (Å²) < 4.78 is 5.47. The van der Waals surface area contributed by atoms with Crippen LogP contribution in [0.1, 0.15) is 64.1 Å². The molecule has 1 aromatic rings. The van der Waals surface area contributed by atoms with E-state index in [9.17, 15) is 4.79 Å². The average Bonchev–Trinajstić information content (AvgIpc) is 3.59. The molecule has 2 aliphatic heterocycles. The van der Waals surface area contributed by atoms with Gasteiger partial charge in [-0.05, 0) is 57.3 Å². The van der Waals surface area contributed by atoms with E-state index in [1.165, 1.54) is 38.6 Å². The van der Waals surface area contributed by atoms with Crippen molar-refractivity contribution in [3.05, 3.63) is 24.2 Å². The lowest BCUT2D eigenvalue weighted by atomic mass is 9.88. The third kappa shape index (κ3) is 6.27. The van der Waals surface area contributed by atoms with Crippen molar-refractivity contribution in [3.63, 3.8) is 0 Å². The van der Waals surface area contributed by atoms with E-state index < -0.39 is 0 Å². The molecule has 0 spiro atoms. The summed E-state index contributed by atoms with van der Waals surface area (Å²) >= 11 is 0. The molecule has 2 unspecified atom stereocenters. The van der Waals surface area contributed by atoms with E-state index in [-0.39, 0.29) is 12.0 Å². The highest BCUT2D eigenvalue weighted by Crippen LogP contribution is 2.26. The van der Waals surface area contributed by atoms with E-state index in [4.69, 9.17) is 9.41 Å². The number of amides is 1. The zero-order valence-electron chi connectivity index (χ0n) is 19.7. The van der Waals surface area contributed by atoms with Crippen LogP contribution in [0.4, 0.5) is 0 Å². The second-order valence-corrected chi connectivity index (χ2v) is 9.62. The summed E-state index contributed by atoms with van der Waals surface area (Å²) in [5.74, 6) is 2.48. The van der Waals surface area contributed by atoms with Crippen LogP contribution in [-0.2, 0) is 11.2 Å². The number of nitrogens with one attached hydrogen (secondary N) is 2. The van der Waals surface area contributed by atoms with Crippen molar-refractivity contribution in [3.8, 4) is 0 Å². The Morgan fingerprint density at radius 2 is 2.03 bits per heavy atom. The molecule has 7 nitrogen and oxygen atoms in total. The summed E-state index contributed by atoms with van der Waals surface area (Å²) in [7, 11) is 0. The number of aliphatic imine (C=N–C) groups is 1. The number of nitrogens with zero attached hydrogens (tertiary/aromatic N) is 3. The van der Waals surface area contributed by atoms with Gasteiger partial charge in [-0.25, -0.2) is 0 Å². The Kier molecular flexibility index (Phi) is 8.49. The second-order valence-electron chi connectivity index (χ2n) is 9.62. The zero-order valence-corrected chi connectivity index (χ0v) is 19.7. The van der Waals surface area contributed by atoms with E-state index in [2.05, 4.69) is 27.4 Å². The van der Waals surface area contributed by atoms with Crippen molar-refractivity contribution < 1.29 is 9.21 Å². The van der Waals surface area contributed by atoms with Crippen LogP contribution in [0.15, 0.2) is 27.8 Å². The lowest BCUT2D eigenvalue weighted by Gasteiger charge is -2.26. The van der Waals surface area contributed by atoms with Crippen molar-refractivity contribution in [2.75, 3.05) is 39.3 Å². The number of hydrogen-bond donors (Lipinski definition) is 2. The highest BCUT2D eigenvalue weighted by atomic mass is 16.3. The van der Waals surface area contributed by atoms with Gasteiger partial charge < -0.3 is 20.0 Å². The number of likely N-dealkylation sites (N-methyl/N-ethyl adjacent to an activating group) is 1. The van der Waals surface area contributed by atoms with Crippen molar-refractivity contribution in [2.24, 2.45) is 10.9 Å². The van der Waals surface area contributed by atoms with Crippen LogP contribution < -0.4 is 10.6 Å². The predicted octanol–water partition coefficient (Wildman–Crippen LogP) is 3.02. The van der Waals surface area contributed by atoms with Crippen molar-refractivity contribution in [1.29, 1.82) is 0 Å². The molecule has 3 fully saturated rings. The van der Waals surface area contributed by atoms with Gasteiger partial charge in [0.25, 0.3) is 0 Å². The minimum absolute atomic E-state index is 0.254. The summed E-state index contributed by atoms with van der Waals surface area (Å²) in [5, 5.41) is 7.14. The maximum Gasteiger partial charge on any atom is 0.225 e. The fourth-order valence-corrected chi connectivity index (χ4v) is 5.51. The van der Waals surface area contributed by atoms with Crippen LogP contribution >= 0.6 is 0 Å². The highest BCUT2D eigenvalue weighted by Gasteiger charge is 2.32. The third-order valence-corrected chi connectivity index (χ3v) is 7.40. The van der Waals surface area contributed by atoms with Crippen LogP contribution in [0.25, 0.3) is 0 Å². The van der Waals surface area contributed by atoms with E-state index in [0.29, 0.717) is 11.9 Å². The molecular formula is C25H41N5O2.